The van der Waals surface area contributed by atoms with Gasteiger partial charge in [0.15, 0.2) is 0 Å². The highest BCUT2D eigenvalue weighted by Gasteiger charge is 2.22. The van der Waals surface area contributed by atoms with Crippen LogP contribution in [0.1, 0.15) is 52.4 Å². The van der Waals surface area contributed by atoms with Crippen molar-refractivity contribution in [1.82, 2.24) is 5.32 Å². The Labute approximate surface area is 101 Å². The van der Waals surface area contributed by atoms with Gasteiger partial charge < -0.3 is 10.1 Å². The maximum absolute atomic E-state index is 5.23. The van der Waals surface area contributed by atoms with E-state index in [0.717, 1.165) is 25.1 Å². The monoisotopic (exact) mass is 227 g/mol. The zero-order chi connectivity index (χ0) is 11.8. The molecule has 0 heterocycles. The largest absolute Gasteiger partial charge is 0.384 e. The van der Waals surface area contributed by atoms with E-state index in [4.69, 9.17) is 4.74 Å². The van der Waals surface area contributed by atoms with Gasteiger partial charge in [0, 0.05) is 19.8 Å². The lowest BCUT2D eigenvalue weighted by Gasteiger charge is -2.31. The third kappa shape index (κ3) is 5.31. The van der Waals surface area contributed by atoms with Crippen molar-refractivity contribution in [3.05, 3.63) is 0 Å². The van der Waals surface area contributed by atoms with Gasteiger partial charge >= 0.3 is 0 Å². The topological polar surface area (TPSA) is 21.3 Å². The molecule has 0 aliphatic heterocycles. The summed E-state index contributed by atoms with van der Waals surface area (Å²) >= 11 is 0. The molecule has 2 nitrogen and oxygen atoms in total. The minimum absolute atomic E-state index is 0.680. The molecule has 0 bridgehead atoms. The minimum Gasteiger partial charge on any atom is -0.384 e. The molecule has 96 valence electrons. The fraction of sp³-hybridized carbons (Fsp3) is 1.00. The number of hydrogen-bond donors (Lipinski definition) is 1. The summed E-state index contributed by atoms with van der Waals surface area (Å²) in [7, 11) is 1.80. The fourth-order valence-electron chi connectivity index (χ4n) is 2.58. The van der Waals surface area contributed by atoms with Crippen molar-refractivity contribution in [3.8, 4) is 0 Å². The second-order valence-electron chi connectivity index (χ2n) is 5.48. The molecule has 0 saturated heterocycles. The number of ether oxygens (including phenoxy) is 1. The van der Waals surface area contributed by atoms with Crippen LogP contribution in [0.4, 0.5) is 0 Å². The second kappa shape index (κ2) is 8.08. The van der Waals surface area contributed by atoms with Crippen LogP contribution in [0.15, 0.2) is 0 Å². The molecule has 0 amide bonds. The van der Waals surface area contributed by atoms with Crippen molar-refractivity contribution in [2.75, 3.05) is 20.3 Å². The summed E-state index contributed by atoms with van der Waals surface area (Å²) in [6.07, 6.45) is 8.27. The fourth-order valence-corrected chi connectivity index (χ4v) is 2.58. The summed E-state index contributed by atoms with van der Waals surface area (Å²) in [5, 5.41) is 3.70. The maximum atomic E-state index is 5.23. The molecule has 16 heavy (non-hydrogen) atoms. The molecular weight excluding hydrogens is 198 g/mol. The van der Waals surface area contributed by atoms with Gasteiger partial charge in [0.2, 0.25) is 0 Å². The van der Waals surface area contributed by atoms with Crippen molar-refractivity contribution < 1.29 is 4.74 Å². The first-order chi connectivity index (χ1) is 7.76. The van der Waals surface area contributed by atoms with E-state index < -0.39 is 0 Å². The van der Waals surface area contributed by atoms with Gasteiger partial charge in [0.05, 0.1) is 0 Å². The minimum atomic E-state index is 0.680. The van der Waals surface area contributed by atoms with Gasteiger partial charge in [-0.1, -0.05) is 33.1 Å². The van der Waals surface area contributed by atoms with E-state index in [9.17, 15) is 0 Å². The third-order valence-corrected chi connectivity index (χ3v) is 3.66. The van der Waals surface area contributed by atoms with Gasteiger partial charge in [0.25, 0.3) is 0 Å². The summed E-state index contributed by atoms with van der Waals surface area (Å²) in [5.74, 6) is 1.68. The number of hydrogen-bond acceptors (Lipinski definition) is 2. The molecule has 1 rings (SSSR count). The van der Waals surface area contributed by atoms with Crippen molar-refractivity contribution >= 4 is 0 Å². The molecule has 1 fully saturated rings. The van der Waals surface area contributed by atoms with Crippen LogP contribution in [-0.4, -0.2) is 26.3 Å². The van der Waals surface area contributed by atoms with E-state index in [-0.39, 0.29) is 0 Å². The smallest absolute Gasteiger partial charge is 0.0488 e. The molecule has 1 N–H and O–H groups in total. The van der Waals surface area contributed by atoms with Crippen molar-refractivity contribution in [3.63, 3.8) is 0 Å². The molecule has 0 radical (unpaired) electrons. The molecule has 2 unspecified atom stereocenters. The summed E-state index contributed by atoms with van der Waals surface area (Å²) in [6, 6.07) is 0.718. The van der Waals surface area contributed by atoms with Gasteiger partial charge in [-0.3, -0.25) is 0 Å². The van der Waals surface area contributed by atoms with Crippen molar-refractivity contribution in [2.24, 2.45) is 11.8 Å². The predicted octanol–water partition coefficient (Wildman–Crippen LogP) is 3.22. The predicted molar refractivity (Wildman–Crippen MR) is 69.7 cm³/mol. The summed E-state index contributed by atoms with van der Waals surface area (Å²) in [5.41, 5.74) is 0. The summed E-state index contributed by atoms with van der Waals surface area (Å²) < 4.78 is 5.23. The Morgan fingerprint density at radius 1 is 1.38 bits per heavy atom. The van der Waals surface area contributed by atoms with Crippen molar-refractivity contribution in [1.29, 1.82) is 0 Å². The van der Waals surface area contributed by atoms with E-state index in [1.54, 1.807) is 7.11 Å². The first-order valence-electron chi connectivity index (χ1n) is 6.98. The van der Waals surface area contributed by atoms with E-state index in [2.05, 4.69) is 19.2 Å². The Balaban J connectivity index is 2.23. The van der Waals surface area contributed by atoms with Gasteiger partial charge in [-0.25, -0.2) is 0 Å². The van der Waals surface area contributed by atoms with Gasteiger partial charge in [-0.05, 0) is 37.6 Å². The highest BCUT2D eigenvalue weighted by atomic mass is 16.5. The average molecular weight is 227 g/mol. The standard InChI is InChI=1S/C14H29NO/c1-4-8-15-14(9-12(2)11-16-3)10-13-6-5-7-13/h12-15H,4-11H2,1-3H3. The summed E-state index contributed by atoms with van der Waals surface area (Å²) in [6.45, 7) is 6.60. The van der Waals surface area contributed by atoms with Crippen LogP contribution in [0.5, 0.6) is 0 Å². The van der Waals surface area contributed by atoms with Crippen LogP contribution in [-0.2, 0) is 4.74 Å². The Kier molecular flexibility index (Phi) is 7.06. The molecule has 1 aliphatic carbocycles. The second-order valence-corrected chi connectivity index (χ2v) is 5.48. The van der Waals surface area contributed by atoms with E-state index in [0.29, 0.717) is 5.92 Å². The first kappa shape index (κ1) is 14.0. The van der Waals surface area contributed by atoms with Gasteiger partial charge in [0.1, 0.15) is 0 Å². The average Bonchev–Trinajstić information content (AvgIpc) is 2.19. The Bertz CT molecular complexity index is 168. The Morgan fingerprint density at radius 2 is 2.12 bits per heavy atom. The third-order valence-electron chi connectivity index (χ3n) is 3.66. The van der Waals surface area contributed by atoms with Gasteiger partial charge in [-0.2, -0.15) is 0 Å². The van der Waals surface area contributed by atoms with Crippen LogP contribution in [0.25, 0.3) is 0 Å². The van der Waals surface area contributed by atoms with E-state index >= 15 is 0 Å². The van der Waals surface area contributed by atoms with E-state index in [1.807, 2.05) is 0 Å². The lowest BCUT2D eigenvalue weighted by molar-refractivity contribution is 0.143. The molecule has 1 saturated carbocycles. The van der Waals surface area contributed by atoms with Crippen LogP contribution < -0.4 is 5.32 Å². The number of rotatable bonds is 9. The molecule has 0 aromatic heterocycles. The highest BCUT2D eigenvalue weighted by molar-refractivity contribution is 4.78. The zero-order valence-electron chi connectivity index (χ0n) is 11.3. The molecule has 0 aromatic carbocycles. The lowest BCUT2D eigenvalue weighted by atomic mass is 9.79. The number of methoxy groups -OCH3 is 1. The van der Waals surface area contributed by atoms with Crippen LogP contribution in [0, 0.1) is 11.8 Å². The first-order valence-corrected chi connectivity index (χ1v) is 6.98. The Hall–Kier alpha value is -0.0800. The van der Waals surface area contributed by atoms with Crippen molar-refractivity contribution in [2.45, 2.75) is 58.4 Å². The molecule has 0 spiro atoms. The zero-order valence-corrected chi connectivity index (χ0v) is 11.3. The molecule has 1 aliphatic rings. The molecule has 2 heteroatoms. The van der Waals surface area contributed by atoms with Crippen LogP contribution in [0.2, 0.25) is 0 Å². The highest BCUT2D eigenvalue weighted by Crippen LogP contribution is 2.31. The molecule has 0 aromatic rings. The van der Waals surface area contributed by atoms with E-state index in [1.165, 1.54) is 38.5 Å². The van der Waals surface area contributed by atoms with Crippen LogP contribution in [0.3, 0.4) is 0 Å². The normalized spacial score (nSPS) is 20.4. The van der Waals surface area contributed by atoms with Gasteiger partial charge in [-0.15, -0.1) is 0 Å². The quantitative estimate of drug-likeness (QED) is 0.653. The van der Waals surface area contributed by atoms with Crippen LogP contribution >= 0.6 is 0 Å². The number of nitrogens with one attached hydrogen (secondary N) is 1. The molecular formula is C14H29NO. The lowest BCUT2D eigenvalue weighted by Crippen LogP contribution is -2.35. The molecule has 2 atom stereocenters. The SMILES string of the molecule is CCCNC(CC(C)COC)CC1CCC1. The maximum Gasteiger partial charge on any atom is 0.0488 e. The Morgan fingerprint density at radius 3 is 2.62 bits per heavy atom. The summed E-state index contributed by atoms with van der Waals surface area (Å²) in [4.78, 5) is 0.